The average molecular weight is 481 g/mol. The van der Waals surface area contributed by atoms with Crippen molar-refractivity contribution in [2.45, 2.75) is 19.4 Å². The fourth-order valence-corrected chi connectivity index (χ4v) is 4.75. The number of nitrogens with one attached hydrogen (secondary N) is 2. The molecule has 2 N–H and O–H groups in total. The molecule has 2 heterocycles. The Balaban J connectivity index is 1.48. The van der Waals surface area contributed by atoms with Crippen LogP contribution in [0.15, 0.2) is 78.9 Å². The molecule has 1 unspecified atom stereocenters. The Morgan fingerprint density at radius 2 is 1.78 bits per heavy atom. The second kappa shape index (κ2) is 9.50. The van der Waals surface area contributed by atoms with E-state index in [4.69, 9.17) is 0 Å². The number of aromatic nitrogens is 1. The number of rotatable bonds is 5. The normalized spacial score (nSPS) is 15.1. The maximum atomic E-state index is 13.4. The largest absolute Gasteiger partial charge is 0.356 e. The van der Waals surface area contributed by atoms with Crippen LogP contribution < -0.4 is 5.32 Å². The minimum atomic E-state index is -0.429. The highest BCUT2D eigenvalue weighted by Crippen LogP contribution is 2.39. The lowest BCUT2D eigenvalue weighted by molar-refractivity contribution is -0.384. The zero-order valence-electron chi connectivity index (χ0n) is 19.6. The van der Waals surface area contributed by atoms with Crippen LogP contribution >= 0.6 is 0 Å². The van der Waals surface area contributed by atoms with Crippen molar-refractivity contribution in [3.63, 3.8) is 0 Å². The second-order valence-corrected chi connectivity index (χ2v) is 8.73. The number of para-hydroxylation sites is 1. The van der Waals surface area contributed by atoms with Crippen molar-refractivity contribution in [1.29, 1.82) is 0 Å². The summed E-state index contributed by atoms with van der Waals surface area (Å²) in [6.07, 6.45) is 3.99. The van der Waals surface area contributed by atoms with Crippen molar-refractivity contribution in [2.75, 3.05) is 11.9 Å². The van der Waals surface area contributed by atoms with Gasteiger partial charge in [-0.1, -0.05) is 30.3 Å². The molecule has 0 aliphatic carbocycles. The van der Waals surface area contributed by atoms with E-state index in [9.17, 15) is 19.7 Å². The van der Waals surface area contributed by atoms with Crippen LogP contribution in [-0.2, 0) is 16.0 Å². The van der Waals surface area contributed by atoms with E-state index >= 15 is 0 Å². The molecule has 1 aliphatic rings. The van der Waals surface area contributed by atoms with Crippen molar-refractivity contribution < 1.29 is 14.5 Å². The lowest BCUT2D eigenvalue weighted by atomic mass is 9.92. The number of nitro groups is 1. The Kier molecular flexibility index (Phi) is 6.08. The van der Waals surface area contributed by atoms with Gasteiger partial charge < -0.3 is 15.2 Å². The second-order valence-electron chi connectivity index (χ2n) is 8.73. The smallest absolute Gasteiger partial charge is 0.269 e. The lowest BCUT2D eigenvalue weighted by Gasteiger charge is -2.35. The number of fused-ring (bicyclic) bond motifs is 3. The zero-order valence-corrected chi connectivity index (χ0v) is 19.6. The van der Waals surface area contributed by atoms with Gasteiger partial charge in [-0.25, -0.2) is 0 Å². The van der Waals surface area contributed by atoms with Gasteiger partial charge in [-0.15, -0.1) is 0 Å². The Morgan fingerprint density at radius 1 is 1.06 bits per heavy atom. The van der Waals surface area contributed by atoms with Gasteiger partial charge in [0, 0.05) is 54.0 Å². The Morgan fingerprint density at radius 3 is 2.47 bits per heavy atom. The first kappa shape index (κ1) is 23.0. The third-order valence-corrected chi connectivity index (χ3v) is 6.39. The van der Waals surface area contributed by atoms with Crippen LogP contribution in [-0.4, -0.2) is 33.2 Å². The van der Waals surface area contributed by atoms with Crippen LogP contribution in [0.3, 0.4) is 0 Å². The fourth-order valence-electron chi connectivity index (χ4n) is 4.75. The maximum Gasteiger partial charge on any atom is 0.269 e. The highest BCUT2D eigenvalue weighted by molar-refractivity contribution is 5.94. The lowest BCUT2D eigenvalue weighted by Crippen LogP contribution is -2.39. The van der Waals surface area contributed by atoms with E-state index in [-0.39, 0.29) is 17.5 Å². The first-order valence-electron chi connectivity index (χ1n) is 11.6. The molecule has 0 spiro atoms. The molecule has 5 rings (SSSR count). The van der Waals surface area contributed by atoms with Gasteiger partial charge in [-0.05, 0) is 59.5 Å². The minimum Gasteiger partial charge on any atom is -0.356 e. The first-order chi connectivity index (χ1) is 17.4. The Hall–Kier alpha value is -4.72. The predicted octanol–water partition coefficient (Wildman–Crippen LogP) is 5.22. The van der Waals surface area contributed by atoms with Crippen LogP contribution in [0.25, 0.3) is 17.0 Å². The van der Waals surface area contributed by atoms with E-state index in [1.807, 2.05) is 30.3 Å². The topological polar surface area (TPSA) is 108 Å². The van der Waals surface area contributed by atoms with Gasteiger partial charge in [-0.2, -0.15) is 0 Å². The average Bonchev–Trinajstić information content (AvgIpc) is 3.26. The zero-order chi connectivity index (χ0) is 25.2. The van der Waals surface area contributed by atoms with E-state index in [0.717, 1.165) is 33.3 Å². The monoisotopic (exact) mass is 480 g/mol. The number of nitro benzene ring substituents is 1. The van der Waals surface area contributed by atoms with E-state index in [0.29, 0.717) is 18.7 Å². The predicted molar refractivity (Wildman–Crippen MR) is 138 cm³/mol. The van der Waals surface area contributed by atoms with Crippen molar-refractivity contribution >= 4 is 40.2 Å². The molecule has 0 bridgehead atoms. The number of aromatic amines is 1. The molecular formula is C28H24N4O4. The standard InChI is InChI=1S/C28H24N4O4/c1-18(33)29-21-11-6-19(7-12-21)8-15-26(34)31-17-16-24-23-4-2-3-5-25(23)30-27(24)28(31)20-9-13-22(14-10-20)32(35)36/h2-15,28,30H,16-17H2,1H3,(H,29,33)/b15-8+. The van der Waals surface area contributed by atoms with Gasteiger partial charge in [0.05, 0.1) is 11.0 Å². The van der Waals surface area contributed by atoms with Gasteiger partial charge in [0.25, 0.3) is 5.69 Å². The first-order valence-corrected chi connectivity index (χ1v) is 11.6. The molecule has 36 heavy (non-hydrogen) atoms. The van der Waals surface area contributed by atoms with Crippen molar-refractivity contribution in [3.8, 4) is 0 Å². The summed E-state index contributed by atoms with van der Waals surface area (Å²) in [5.41, 5.74) is 5.41. The summed E-state index contributed by atoms with van der Waals surface area (Å²) in [5, 5.41) is 15.0. The SMILES string of the molecule is CC(=O)Nc1ccc(/C=C/C(=O)N2CCc3c([nH]c4ccccc34)C2c2ccc([N+](=O)[O-])cc2)cc1. The van der Waals surface area contributed by atoms with Gasteiger partial charge in [-0.3, -0.25) is 19.7 Å². The van der Waals surface area contributed by atoms with Crippen molar-refractivity contribution in [2.24, 2.45) is 0 Å². The summed E-state index contributed by atoms with van der Waals surface area (Å²) in [4.78, 5) is 40.7. The molecule has 1 aromatic heterocycles. The molecule has 180 valence electrons. The van der Waals surface area contributed by atoms with Crippen LogP contribution in [0.5, 0.6) is 0 Å². The van der Waals surface area contributed by atoms with Crippen molar-refractivity contribution in [1.82, 2.24) is 9.88 Å². The number of carbonyl (C=O) groups excluding carboxylic acids is 2. The molecule has 8 heteroatoms. The van der Waals surface area contributed by atoms with Gasteiger partial charge in [0.2, 0.25) is 11.8 Å². The molecular weight excluding hydrogens is 456 g/mol. The van der Waals surface area contributed by atoms with Crippen LogP contribution in [0.4, 0.5) is 11.4 Å². The molecule has 4 aromatic rings. The number of H-pyrrole nitrogens is 1. The summed E-state index contributed by atoms with van der Waals surface area (Å²) >= 11 is 0. The summed E-state index contributed by atoms with van der Waals surface area (Å²) in [6, 6.07) is 21.2. The number of anilines is 1. The minimum absolute atomic E-state index is 0.00640. The number of non-ortho nitro benzene ring substituents is 1. The molecule has 8 nitrogen and oxygen atoms in total. The highest BCUT2D eigenvalue weighted by atomic mass is 16.6. The number of benzene rings is 3. The van der Waals surface area contributed by atoms with Crippen molar-refractivity contribution in [3.05, 3.63) is 111 Å². The molecule has 1 aliphatic heterocycles. The summed E-state index contributed by atoms with van der Waals surface area (Å²) in [5.74, 6) is -0.305. The molecule has 0 saturated carbocycles. The Labute approximate surface area is 207 Å². The van der Waals surface area contributed by atoms with E-state index in [2.05, 4.69) is 16.4 Å². The molecule has 2 amide bonds. The summed E-state index contributed by atoms with van der Waals surface area (Å²) < 4.78 is 0. The van der Waals surface area contributed by atoms with E-state index in [1.54, 1.807) is 41.3 Å². The molecule has 0 radical (unpaired) electrons. The van der Waals surface area contributed by atoms with Gasteiger partial charge >= 0.3 is 0 Å². The maximum absolute atomic E-state index is 13.4. The van der Waals surface area contributed by atoms with E-state index in [1.165, 1.54) is 19.1 Å². The van der Waals surface area contributed by atoms with Gasteiger partial charge in [0.1, 0.15) is 0 Å². The number of nitrogens with zero attached hydrogens (tertiary/aromatic N) is 2. The van der Waals surface area contributed by atoms with E-state index < -0.39 is 11.0 Å². The van der Waals surface area contributed by atoms with Crippen LogP contribution in [0, 0.1) is 10.1 Å². The highest BCUT2D eigenvalue weighted by Gasteiger charge is 2.33. The number of hydrogen-bond acceptors (Lipinski definition) is 4. The number of amides is 2. The molecule has 3 aromatic carbocycles. The Bertz CT molecular complexity index is 1490. The molecule has 0 saturated heterocycles. The quantitative estimate of drug-likeness (QED) is 0.232. The van der Waals surface area contributed by atoms with Crippen LogP contribution in [0.2, 0.25) is 0 Å². The fraction of sp³-hybridized carbons (Fsp3) is 0.143. The third-order valence-electron chi connectivity index (χ3n) is 6.39. The third kappa shape index (κ3) is 4.48. The molecule has 1 atom stereocenters. The molecule has 0 fully saturated rings. The number of carbonyl (C=O) groups is 2. The summed E-state index contributed by atoms with van der Waals surface area (Å²) in [6.45, 7) is 1.96. The number of hydrogen-bond donors (Lipinski definition) is 2. The van der Waals surface area contributed by atoms with Gasteiger partial charge in [0.15, 0.2) is 0 Å². The van der Waals surface area contributed by atoms with Crippen LogP contribution in [0.1, 0.15) is 35.3 Å². The summed E-state index contributed by atoms with van der Waals surface area (Å²) in [7, 11) is 0.